The maximum Gasteiger partial charge on any atom is 0.352 e. The molecule has 1 aliphatic heterocycles. The highest BCUT2D eigenvalue weighted by atomic mass is 16.6. The Bertz CT molecular complexity index is 444. The van der Waals surface area contributed by atoms with E-state index in [4.69, 9.17) is 9.47 Å². The first kappa shape index (κ1) is 12.6. The smallest absolute Gasteiger partial charge is 0.352 e. The molecule has 1 aromatic rings. The van der Waals surface area contributed by atoms with Crippen LogP contribution >= 0.6 is 0 Å². The van der Waals surface area contributed by atoms with Crippen LogP contribution in [-0.2, 0) is 0 Å². The maximum atomic E-state index is 11.1. The van der Waals surface area contributed by atoms with Gasteiger partial charge in [-0.1, -0.05) is 6.07 Å². The zero-order valence-corrected chi connectivity index (χ0v) is 10.4. The van der Waals surface area contributed by atoms with Crippen LogP contribution in [0.4, 0.5) is 5.69 Å². The van der Waals surface area contributed by atoms with Gasteiger partial charge in [0.1, 0.15) is 6.10 Å². The number of para-hydroxylation sites is 1. The van der Waals surface area contributed by atoms with Crippen LogP contribution < -0.4 is 14.8 Å². The van der Waals surface area contributed by atoms with Crippen molar-refractivity contribution in [3.63, 3.8) is 0 Å². The van der Waals surface area contributed by atoms with Gasteiger partial charge in [-0.2, -0.15) is 0 Å². The van der Waals surface area contributed by atoms with E-state index in [0.717, 1.165) is 0 Å². The number of rotatable bonds is 5. The summed E-state index contributed by atoms with van der Waals surface area (Å²) in [6.07, 6.45) is -0.123. The summed E-state index contributed by atoms with van der Waals surface area (Å²) >= 11 is 0. The molecule has 1 saturated heterocycles. The van der Waals surface area contributed by atoms with Crippen molar-refractivity contribution < 1.29 is 14.4 Å². The monoisotopic (exact) mass is 252 g/mol. The average molecular weight is 252 g/mol. The lowest BCUT2D eigenvalue weighted by Crippen LogP contribution is -2.50. The van der Waals surface area contributed by atoms with E-state index in [1.165, 1.54) is 0 Å². The quantitative estimate of drug-likeness (QED) is 0.638. The van der Waals surface area contributed by atoms with Crippen molar-refractivity contribution in [2.75, 3.05) is 13.1 Å². The van der Waals surface area contributed by atoms with E-state index >= 15 is 0 Å². The Kier molecular flexibility index (Phi) is 3.66. The SMILES string of the molecule is CC(C)Oc1cccc(OC2CNC2)c1[N+](=O)[O-]. The lowest BCUT2D eigenvalue weighted by atomic mass is 10.2. The molecule has 18 heavy (non-hydrogen) atoms. The molecule has 0 spiro atoms. The minimum atomic E-state index is -0.459. The molecule has 0 amide bonds. The summed E-state index contributed by atoms with van der Waals surface area (Å²) in [5, 5.41) is 14.2. The molecule has 0 radical (unpaired) electrons. The van der Waals surface area contributed by atoms with Crippen LogP contribution in [-0.4, -0.2) is 30.2 Å². The Morgan fingerprint density at radius 3 is 2.56 bits per heavy atom. The summed E-state index contributed by atoms with van der Waals surface area (Å²) in [5.41, 5.74) is -0.0990. The predicted molar refractivity (Wildman–Crippen MR) is 66.1 cm³/mol. The fraction of sp³-hybridized carbons (Fsp3) is 0.500. The van der Waals surface area contributed by atoms with Crippen molar-refractivity contribution in [1.82, 2.24) is 5.32 Å². The molecule has 0 unspecified atom stereocenters. The number of ether oxygens (including phenoxy) is 2. The van der Waals surface area contributed by atoms with Crippen LogP contribution in [0.15, 0.2) is 18.2 Å². The molecule has 0 aromatic heterocycles. The van der Waals surface area contributed by atoms with Gasteiger partial charge in [0, 0.05) is 13.1 Å². The zero-order chi connectivity index (χ0) is 13.1. The van der Waals surface area contributed by atoms with Crippen molar-refractivity contribution in [3.8, 4) is 11.5 Å². The van der Waals surface area contributed by atoms with E-state index < -0.39 is 4.92 Å². The van der Waals surface area contributed by atoms with Crippen LogP contribution in [0.1, 0.15) is 13.8 Å². The van der Waals surface area contributed by atoms with E-state index in [9.17, 15) is 10.1 Å². The third kappa shape index (κ3) is 2.70. The lowest BCUT2D eigenvalue weighted by Gasteiger charge is -2.27. The minimum Gasteiger partial charge on any atom is -0.484 e. The summed E-state index contributed by atoms with van der Waals surface area (Å²) in [6.45, 7) is 5.08. The second-order valence-electron chi connectivity index (χ2n) is 4.42. The highest BCUT2D eigenvalue weighted by Gasteiger charge is 2.27. The third-order valence-corrected chi connectivity index (χ3v) is 2.54. The van der Waals surface area contributed by atoms with Gasteiger partial charge in [0.05, 0.1) is 11.0 Å². The van der Waals surface area contributed by atoms with Gasteiger partial charge in [-0.3, -0.25) is 10.1 Å². The number of benzene rings is 1. The lowest BCUT2D eigenvalue weighted by molar-refractivity contribution is -0.387. The molecule has 0 bridgehead atoms. The van der Waals surface area contributed by atoms with Crippen molar-refractivity contribution in [1.29, 1.82) is 0 Å². The predicted octanol–water partition coefficient (Wildman–Crippen LogP) is 1.73. The Morgan fingerprint density at radius 2 is 2.06 bits per heavy atom. The summed E-state index contributed by atoms with van der Waals surface area (Å²) in [5.74, 6) is 0.518. The Balaban J connectivity index is 2.28. The van der Waals surface area contributed by atoms with Gasteiger partial charge in [0.15, 0.2) is 0 Å². The van der Waals surface area contributed by atoms with Gasteiger partial charge in [-0.25, -0.2) is 0 Å². The molecule has 0 atom stereocenters. The van der Waals surface area contributed by atoms with Crippen molar-refractivity contribution >= 4 is 5.69 Å². The molecular formula is C12H16N2O4. The summed E-state index contributed by atoms with van der Waals surface area (Å²) in [4.78, 5) is 10.7. The van der Waals surface area contributed by atoms with Gasteiger partial charge < -0.3 is 14.8 Å². The van der Waals surface area contributed by atoms with E-state index in [-0.39, 0.29) is 29.4 Å². The van der Waals surface area contributed by atoms with E-state index in [2.05, 4.69) is 5.32 Å². The number of nitrogens with one attached hydrogen (secondary N) is 1. The molecule has 1 fully saturated rings. The molecule has 6 heteroatoms. The highest BCUT2D eigenvalue weighted by Crippen LogP contribution is 2.37. The molecule has 1 aromatic carbocycles. The molecule has 0 saturated carbocycles. The molecule has 0 aliphatic carbocycles. The van der Waals surface area contributed by atoms with E-state index in [0.29, 0.717) is 13.1 Å². The number of hydrogen-bond acceptors (Lipinski definition) is 5. The highest BCUT2D eigenvalue weighted by molar-refractivity contribution is 5.57. The minimum absolute atomic E-state index is 0.00185. The summed E-state index contributed by atoms with van der Waals surface area (Å²) in [7, 11) is 0. The Hall–Kier alpha value is -1.82. The van der Waals surface area contributed by atoms with Crippen LogP contribution in [0.3, 0.4) is 0 Å². The van der Waals surface area contributed by atoms with Gasteiger partial charge in [-0.05, 0) is 26.0 Å². The third-order valence-electron chi connectivity index (χ3n) is 2.54. The number of nitrogens with zero attached hydrogens (tertiary/aromatic N) is 1. The molecule has 1 aliphatic rings. The fourth-order valence-corrected chi connectivity index (χ4v) is 1.65. The number of nitro groups is 1. The van der Waals surface area contributed by atoms with E-state index in [1.807, 2.05) is 13.8 Å². The van der Waals surface area contributed by atoms with Crippen LogP contribution in [0.2, 0.25) is 0 Å². The largest absolute Gasteiger partial charge is 0.484 e. The summed E-state index contributed by atoms with van der Waals surface area (Å²) < 4.78 is 11.0. The average Bonchev–Trinajstić information content (AvgIpc) is 2.22. The van der Waals surface area contributed by atoms with Crippen molar-refractivity contribution in [3.05, 3.63) is 28.3 Å². The van der Waals surface area contributed by atoms with Crippen LogP contribution in [0, 0.1) is 10.1 Å². The zero-order valence-electron chi connectivity index (χ0n) is 10.4. The van der Waals surface area contributed by atoms with Crippen molar-refractivity contribution in [2.24, 2.45) is 0 Å². The van der Waals surface area contributed by atoms with Crippen LogP contribution in [0.25, 0.3) is 0 Å². The number of nitro benzene ring substituents is 1. The fourth-order valence-electron chi connectivity index (χ4n) is 1.65. The normalized spacial score (nSPS) is 15.3. The first-order valence-electron chi connectivity index (χ1n) is 5.89. The first-order valence-corrected chi connectivity index (χ1v) is 5.89. The van der Waals surface area contributed by atoms with Crippen LogP contribution in [0.5, 0.6) is 11.5 Å². The van der Waals surface area contributed by atoms with Gasteiger partial charge >= 0.3 is 5.69 Å². The van der Waals surface area contributed by atoms with Crippen molar-refractivity contribution in [2.45, 2.75) is 26.1 Å². The summed E-state index contributed by atoms with van der Waals surface area (Å²) in [6, 6.07) is 4.89. The molecule has 1 N–H and O–H groups in total. The standard InChI is InChI=1S/C12H16N2O4/c1-8(2)17-10-4-3-5-11(12(10)14(15)16)18-9-6-13-7-9/h3-5,8-9,13H,6-7H2,1-2H3. The number of hydrogen-bond donors (Lipinski definition) is 1. The molecule has 1 heterocycles. The Labute approximate surface area is 105 Å². The molecule has 2 rings (SSSR count). The van der Waals surface area contributed by atoms with Gasteiger partial charge in [-0.15, -0.1) is 0 Å². The van der Waals surface area contributed by atoms with Gasteiger partial charge in [0.25, 0.3) is 0 Å². The maximum absolute atomic E-state index is 11.1. The first-order chi connectivity index (χ1) is 8.58. The topological polar surface area (TPSA) is 73.6 Å². The molecular weight excluding hydrogens is 236 g/mol. The van der Waals surface area contributed by atoms with E-state index in [1.54, 1.807) is 18.2 Å². The Morgan fingerprint density at radius 1 is 1.39 bits per heavy atom. The second kappa shape index (κ2) is 5.22. The molecule has 6 nitrogen and oxygen atoms in total. The second-order valence-corrected chi connectivity index (χ2v) is 4.42. The molecule has 98 valence electrons. The van der Waals surface area contributed by atoms with Gasteiger partial charge in [0.2, 0.25) is 11.5 Å².